The first-order chi connectivity index (χ1) is 12.8. The van der Waals surface area contributed by atoms with Crippen LogP contribution >= 0.6 is 0 Å². The van der Waals surface area contributed by atoms with E-state index >= 15 is 0 Å². The van der Waals surface area contributed by atoms with Crippen molar-refractivity contribution in [1.82, 2.24) is 15.1 Å². The Hall–Kier alpha value is -2.40. The molecule has 5 aliphatic heterocycles. The summed E-state index contributed by atoms with van der Waals surface area (Å²) >= 11 is 0. The van der Waals surface area contributed by atoms with Gasteiger partial charge in [-0.25, -0.2) is 4.79 Å². The molecule has 3 fully saturated rings. The smallest absolute Gasteiger partial charge is 0.458 e. The summed E-state index contributed by atoms with van der Waals surface area (Å²) in [6.07, 6.45) is 3.32. The molecule has 2 bridgehead atoms. The zero-order chi connectivity index (χ0) is 19.2. The fourth-order valence-corrected chi connectivity index (χ4v) is 4.19. The van der Waals surface area contributed by atoms with E-state index in [4.69, 9.17) is 4.74 Å². The lowest BCUT2D eigenvalue weighted by molar-refractivity contribution is -0.0697. The van der Waals surface area contributed by atoms with Gasteiger partial charge < -0.3 is 10.1 Å². The number of urea groups is 1. The van der Waals surface area contributed by atoms with Crippen molar-refractivity contribution < 1.29 is 22.7 Å². The zero-order valence-corrected chi connectivity index (χ0v) is 14.8. The molecule has 144 valence electrons. The van der Waals surface area contributed by atoms with E-state index in [0.29, 0.717) is 17.5 Å². The van der Waals surface area contributed by atoms with Crippen molar-refractivity contribution in [3.63, 3.8) is 0 Å². The molecule has 2 amide bonds. The molecule has 0 aromatic heterocycles. The average molecular weight is 379 g/mol. The van der Waals surface area contributed by atoms with Crippen molar-refractivity contribution in [2.75, 3.05) is 13.1 Å². The molecule has 1 unspecified atom stereocenters. The zero-order valence-electron chi connectivity index (χ0n) is 14.8. The third-order valence-electron chi connectivity index (χ3n) is 5.62. The number of rotatable bonds is 1. The highest BCUT2D eigenvalue weighted by Crippen LogP contribution is 2.33. The Balaban J connectivity index is 1.44. The number of amides is 2. The Morgan fingerprint density at radius 1 is 1.33 bits per heavy atom. The maximum atomic E-state index is 12.7. The van der Waals surface area contributed by atoms with Crippen molar-refractivity contribution in [1.29, 1.82) is 0 Å². The van der Waals surface area contributed by atoms with E-state index in [9.17, 15) is 18.0 Å². The highest BCUT2D eigenvalue weighted by Gasteiger charge is 2.41. The second kappa shape index (κ2) is 6.64. The molecule has 8 heteroatoms. The summed E-state index contributed by atoms with van der Waals surface area (Å²) in [6.45, 7) is 4.30. The third-order valence-corrected chi connectivity index (χ3v) is 5.62. The first kappa shape index (κ1) is 18.0. The van der Waals surface area contributed by atoms with Gasteiger partial charge >= 0.3 is 12.2 Å². The highest BCUT2D eigenvalue weighted by atomic mass is 19.4. The number of hydrogen-bond acceptors (Lipinski definition) is 3. The molecule has 3 saturated heterocycles. The minimum absolute atomic E-state index is 0.0542. The van der Waals surface area contributed by atoms with Crippen LogP contribution in [0.5, 0.6) is 0 Å². The molecule has 0 radical (unpaired) electrons. The summed E-state index contributed by atoms with van der Waals surface area (Å²) in [7, 11) is 0. The number of alkyl halides is 3. The Morgan fingerprint density at radius 3 is 2.74 bits per heavy atom. The van der Waals surface area contributed by atoms with Crippen LogP contribution in [0.15, 0.2) is 35.9 Å². The molecule has 0 aromatic carbocycles. The highest BCUT2D eigenvalue weighted by molar-refractivity contribution is 5.77. The summed E-state index contributed by atoms with van der Waals surface area (Å²) < 4.78 is 42.0. The third kappa shape index (κ3) is 3.69. The Kier molecular flexibility index (Phi) is 4.42. The Morgan fingerprint density at radius 2 is 2.07 bits per heavy atom. The van der Waals surface area contributed by atoms with E-state index in [1.165, 1.54) is 16.9 Å². The molecule has 5 aliphatic rings. The van der Waals surface area contributed by atoms with Gasteiger partial charge in [0.05, 0.1) is 0 Å². The van der Waals surface area contributed by atoms with Crippen LogP contribution < -0.4 is 5.32 Å². The van der Waals surface area contributed by atoms with Crippen LogP contribution in [0.2, 0.25) is 0 Å². The summed E-state index contributed by atoms with van der Waals surface area (Å²) in [5.74, 6) is 3.60. The van der Waals surface area contributed by atoms with Crippen molar-refractivity contribution in [3.05, 3.63) is 35.9 Å². The Labute approximate surface area is 155 Å². The van der Waals surface area contributed by atoms with Gasteiger partial charge in [-0.2, -0.15) is 13.2 Å². The van der Waals surface area contributed by atoms with Crippen LogP contribution in [0.3, 0.4) is 0 Å². The number of fused-ring (bicyclic) bond motifs is 4. The summed E-state index contributed by atoms with van der Waals surface area (Å²) in [4.78, 5) is 16.5. The molecule has 1 N–H and O–H groups in total. The minimum atomic E-state index is -4.57. The first-order valence-corrected chi connectivity index (χ1v) is 9.01. The van der Waals surface area contributed by atoms with E-state index in [0.717, 1.165) is 25.9 Å². The topological polar surface area (TPSA) is 44.8 Å². The van der Waals surface area contributed by atoms with Gasteiger partial charge in [0.1, 0.15) is 6.10 Å². The lowest BCUT2D eigenvalue weighted by atomic mass is 9.79. The van der Waals surface area contributed by atoms with Crippen molar-refractivity contribution in [2.45, 2.75) is 44.1 Å². The number of carbonyl (C=O) groups is 1. The van der Waals surface area contributed by atoms with Crippen molar-refractivity contribution in [3.8, 4) is 11.8 Å². The van der Waals surface area contributed by atoms with Crippen molar-refractivity contribution >= 4 is 6.03 Å². The maximum absolute atomic E-state index is 12.7. The van der Waals surface area contributed by atoms with Crippen LogP contribution in [0.1, 0.15) is 19.8 Å². The lowest BCUT2D eigenvalue weighted by Gasteiger charge is -2.50. The molecule has 27 heavy (non-hydrogen) atoms. The van der Waals surface area contributed by atoms with Gasteiger partial charge in [0.2, 0.25) is 0 Å². The normalized spacial score (nSPS) is 34.1. The molecular weight excluding hydrogens is 359 g/mol. The Bertz CT molecular complexity index is 780. The van der Waals surface area contributed by atoms with Crippen LogP contribution in [-0.2, 0) is 4.74 Å². The lowest BCUT2D eigenvalue weighted by Crippen LogP contribution is -2.63. The molecule has 3 atom stereocenters. The van der Waals surface area contributed by atoms with Gasteiger partial charge in [-0.05, 0) is 56.8 Å². The molecule has 0 saturated carbocycles. The van der Waals surface area contributed by atoms with E-state index in [2.05, 4.69) is 17.1 Å². The number of carbonyl (C=O) groups excluding carboxylic acids is 1. The fourth-order valence-electron chi connectivity index (χ4n) is 4.19. The second-order valence-electron chi connectivity index (χ2n) is 7.26. The van der Waals surface area contributed by atoms with Crippen LogP contribution in [-0.4, -0.2) is 53.3 Å². The monoisotopic (exact) mass is 379 g/mol. The largest absolute Gasteiger partial charge is 0.473 e. The van der Waals surface area contributed by atoms with Gasteiger partial charge in [-0.1, -0.05) is 0 Å². The summed E-state index contributed by atoms with van der Waals surface area (Å²) in [5, 5.41) is 3.12. The standard InChI is InChI=1S/C19H20F3N3O2/c1-12-17(13-3-7-24(12)8-4-13)23-18(26)25-9-5-16-14(11-25)10-15(27-16)2-6-19(20,21)22/h5,9-13,16-17H,3-4,7-8H2,1H3,(H,23,26)/t12-,16?,17-/m0/s1. The molecule has 0 aliphatic carbocycles. The van der Waals surface area contributed by atoms with Gasteiger partial charge in [-0.15, -0.1) is 0 Å². The SMILES string of the molecule is C[C@H]1[C@H](NC(=O)N2C=CC3OC(C#CC(F)(F)F)=CC3=C2)C2CCN1CC2. The molecule has 0 spiro atoms. The van der Waals surface area contributed by atoms with Crippen LogP contribution in [0, 0.1) is 17.8 Å². The number of allylic oxidation sites excluding steroid dienone is 1. The maximum Gasteiger partial charge on any atom is 0.458 e. The van der Waals surface area contributed by atoms with E-state index < -0.39 is 12.3 Å². The average Bonchev–Trinajstić information content (AvgIpc) is 3.05. The summed E-state index contributed by atoms with van der Waals surface area (Å²) in [5.41, 5.74) is 0.598. The van der Waals surface area contributed by atoms with E-state index in [1.54, 1.807) is 18.5 Å². The molecular formula is C19H20F3N3O2. The quantitative estimate of drug-likeness (QED) is 0.713. The predicted octanol–water partition coefficient (Wildman–Crippen LogP) is 2.74. The van der Waals surface area contributed by atoms with Gasteiger partial charge in [0.25, 0.3) is 0 Å². The number of hydrogen-bond donors (Lipinski definition) is 1. The molecule has 0 aromatic rings. The first-order valence-electron chi connectivity index (χ1n) is 9.01. The second-order valence-corrected chi connectivity index (χ2v) is 7.26. The molecule has 5 nitrogen and oxygen atoms in total. The fraction of sp³-hybridized carbons (Fsp3) is 0.526. The molecule has 5 heterocycles. The van der Waals surface area contributed by atoms with Crippen LogP contribution in [0.25, 0.3) is 0 Å². The molecule has 5 rings (SSSR count). The van der Waals surface area contributed by atoms with Gasteiger partial charge in [0.15, 0.2) is 5.76 Å². The number of piperidine rings is 3. The predicted molar refractivity (Wildman–Crippen MR) is 91.9 cm³/mol. The number of nitrogens with one attached hydrogen (secondary N) is 1. The van der Waals surface area contributed by atoms with Crippen LogP contribution in [0.4, 0.5) is 18.0 Å². The van der Waals surface area contributed by atoms with Gasteiger partial charge in [-0.3, -0.25) is 9.80 Å². The minimum Gasteiger partial charge on any atom is -0.473 e. The number of nitrogens with zero attached hydrogens (tertiary/aromatic N) is 2. The van der Waals surface area contributed by atoms with Gasteiger partial charge in [0, 0.05) is 36.0 Å². The van der Waals surface area contributed by atoms with Crippen molar-refractivity contribution in [2.24, 2.45) is 5.92 Å². The van der Waals surface area contributed by atoms with E-state index in [1.807, 2.05) is 5.92 Å². The summed E-state index contributed by atoms with van der Waals surface area (Å²) in [6, 6.07) is 0.161. The number of ether oxygens (including phenoxy) is 1. The number of halogens is 3. The van der Waals surface area contributed by atoms with E-state index in [-0.39, 0.29) is 17.8 Å².